The molecule has 2 atom stereocenters. The van der Waals surface area contributed by atoms with Gasteiger partial charge < -0.3 is 10.2 Å². The number of nitrogens with one attached hydrogen (secondary N) is 1. The zero-order chi connectivity index (χ0) is 7.68. The van der Waals surface area contributed by atoms with Gasteiger partial charge in [-0.15, -0.1) is 0 Å². The molecule has 1 fully saturated rings. The fourth-order valence-electron chi connectivity index (χ4n) is 1.77. The van der Waals surface area contributed by atoms with E-state index in [2.05, 4.69) is 10.5 Å². The normalized spacial score (nSPS) is 37.0. The summed E-state index contributed by atoms with van der Waals surface area (Å²) >= 11 is 0. The van der Waals surface area contributed by atoms with E-state index in [4.69, 9.17) is 4.84 Å². The summed E-state index contributed by atoms with van der Waals surface area (Å²) in [5, 5.41) is 7.36. The third-order valence-electron chi connectivity index (χ3n) is 2.39. The minimum absolute atomic E-state index is 0.317. The topological polar surface area (TPSA) is 33.6 Å². The highest BCUT2D eigenvalue weighted by atomic mass is 16.6. The quantitative estimate of drug-likeness (QED) is 0.609. The first kappa shape index (κ1) is 7.10. The molecule has 1 saturated heterocycles. The average Bonchev–Trinajstić information content (AvgIpc) is 2.55. The summed E-state index contributed by atoms with van der Waals surface area (Å²) in [5.41, 5.74) is 1.13. The lowest BCUT2D eigenvalue weighted by atomic mass is 10.1. The number of rotatable bonds is 1. The van der Waals surface area contributed by atoms with Gasteiger partial charge in [-0.25, -0.2) is 0 Å². The van der Waals surface area contributed by atoms with E-state index in [9.17, 15) is 0 Å². The van der Waals surface area contributed by atoms with Crippen LogP contribution in [0.1, 0.15) is 26.2 Å². The standard InChI is InChI=1S/C8H14N2O/c1-6-5-8(11-10-6)7-3-2-4-9-7/h7-9H,2-5H2,1H3/t7-,8-/m0/s1. The van der Waals surface area contributed by atoms with E-state index in [1.54, 1.807) is 0 Å². The van der Waals surface area contributed by atoms with Crippen molar-refractivity contribution in [3.8, 4) is 0 Å². The molecule has 62 valence electrons. The number of hydrogen-bond acceptors (Lipinski definition) is 3. The van der Waals surface area contributed by atoms with E-state index < -0.39 is 0 Å². The predicted octanol–water partition coefficient (Wildman–Crippen LogP) is 0.903. The number of nitrogens with zero attached hydrogens (tertiary/aromatic N) is 1. The molecule has 0 amide bonds. The second kappa shape index (κ2) is 2.81. The SMILES string of the molecule is CC1=NO[C@H]([C@@H]2CCCN2)C1. The van der Waals surface area contributed by atoms with Crippen molar-refractivity contribution in [1.82, 2.24) is 5.32 Å². The van der Waals surface area contributed by atoms with Crippen molar-refractivity contribution in [2.45, 2.75) is 38.3 Å². The summed E-state index contributed by atoms with van der Waals surface area (Å²) in [6.07, 6.45) is 3.85. The molecule has 3 nitrogen and oxygen atoms in total. The molecule has 0 spiro atoms. The van der Waals surface area contributed by atoms with Crippen LogP contribution in [0.5, 0.6) is 0 Å². The lowest BCUT2D eigenvalue weighted by Gasteiger charge is -2.15. The first-order valence-corrected chi connectivity index (χ1v) is 4.29. The Bertz CT molecular complexity index is 173. The lowest BCUT2D eigenvalue weighted by molar-refractivity contribution is 0.0606. The van der Waals surface area contributed by atoms with Crippen LogP contribution in [-0.2, 0) is 4.84 Å². The van der Waals surface area contributed by atoms with Crippen molar-refractivity contribution in [2.24, 2.45) is 5.16 Å². The molecule has 0 aliphatic carbocycles. The maximum absolute atomic E-state index is 5.27. The van der Waals surface area contributed by atoms with Crippen LogP contribution >= 0.6 is 0 Å². The third kappa shape index (κ3) is 1.38. The van der Waals surface area contributed by atoms with Crippen LogP contribution < -0.4 is 5.32 Å². The Kier molecular flexibility index (Phi) is 1.82. The molecule has 2 heterocycles. The molecular weight excluding hydrogens is 140 g/mol. The third-order valence-corrected chi connectivity index (χ3v) is 2.39. The lowest BCUT2D eigenvalue weighted by Crippen LogP contribution is -2.34. The molecule has 3 heteroatoms. The van der Waals surface area contributed by atoms with Crippen molar-refractivity contribution in [3.63, 3.8) is 0 Å². The van der Waals surface area contributed by atoms with Crippen LogP contribution in [0.15, 0.2) is 5.16 Å². The summed E-state index contributed by atoms with van der Waals surface area (Å²) < 4.78 is 0. The van der Waals surface area contributed by atoms with E-state index in [0.29, 0.717) is 12.1 Å². The van der Waals surface area contributed by atoms with Crippen molar-refractivity contribution in [3.05, 3.63) is 0 Å². The van der Waals surface area contributed by atoms with Crippen LogP contribution in [0.25, 0.3) is 0 Å². The molecule has 0 aromatic carbocycles. The number of hydrogen-bond donors (Lipinski definition) is 1. The van der Waals surface area contributed by atoms with Gasteiger partial charge in [-0.3, -0.25) is 0 Å². The predicted molar refractivity (Wildman–Crippen MR) is 43.6 cm³/mol. The first-order chi connectivity index (χ1) is 5.36. The Labute approximate surface area is 66.8 Å². The fraction of sp³-hybridized carbons (Fsp3) is 0.875. The molecule has 0 radical (unpaired) electrons. The summed E-state index contributed by atoms with van der Waals surface area (Å²) in [4.78, 5) is 5.27. The van der Waals surface area contributed by atoms with Gasteiger partial charge in [-0.1, -0.05) is 5.16 Å². The van der Waals surface area contributed by atoms with E-state index in [0.717, 1.165) is 18.7 Å². The molecule has 2 rings (SSSR count). The van der Waals surface area contributed by atoms with Gasteiger partial charge in [0.1, 0.15) is 6.10 Å². The van der Waals surface area contributed by atoms with Crippen molar-refractivity contribution in [2.75, 3.05) is 6.54 Å². The highest BCUT2D eigenvalue weighted by Gasteiger charge is 2.29. The second-order valence-electron chi connectivity index (χ2n) is 3.38. The van der Waals surface area contributed by atoms with Crippen molar-refractivity contribution in [1.29, 1.82) is 0 Å². The van der Waals surface area contributed by atoms with Gasteiger partial charge in [0.15, 0.2) is 0 Å². The zero-order valence-electron chi connectivity index (χ0n) is 6.84. The van der Waals surface area contributed by atoms with Crippen LogP contribution in [0.2, 0.25) is 0 Å². The Morgan fingerprint density at radius 2 is 2.55 bits per heavy atom. The Balaban J connectivity index is 1.88. The minimum Gasteiger partial charge on any atom is -0.390 e. The molecule has 0 unspecified atom stereocenters. The maximum atomic E-state index is 5.27. The number of oxime groups is 1. The molecule has 0 aromatic rings. The molecule has 0 aromatic heterocycles. The highest BCUT2D eigenvalue weighted by Crippen LogP contribution is 2.19. The van der Waals surface area contributed by atoms with Crippen LogP contribution in [0, 0.1) is 0 Å². The molecule has 11 heavy (non-hydrogen) atoms. The molecule has 2 aliphatic heterocycles. The smallest absolute Gasteiger partial charge is 0.148 e. The van der Waals surface area contributed by atoms with Gasteiger partial charge in [-0.05, 0) is 26.3 Å². The van der Waals surface area contributed by atoms with E-state index in [-0.39, 0.29) is 0 Å². The van der Waals surface area contributed by atoms with Gasteiger partial charge in [0.2, 0.25) is 0 Å². The summed E-state index contributed by atoms with van der Waals surface area (Å²) in [5.74, 6) is 0. The largest absolute Gasteiger partial charge is 0.390 e. The molecule has 2 aliphatic rings. The molecular formula is C8H14N2O. The summed E-state index contributed by atoms with van der Waals surface area (Å²) in [6, 6.07) is 0.552. The minimum atomic E-state index is 0.317. The van der Waals surface area contributed by atoms with E-state index >= 15 is 0 Å². The van der Waals surface area contributed by atoms with Gasteiger partial charge in [-0.2, -0.15) is 0 Å². The van der Waals surface area contributed by atoms with Gasteiger partial charge in [0.25, 0.3) is 0 Å². The second-order valence-corrected chi connectivity index (χ2v) is 3.38. The monoisotopic (exact) mass is 154 g/mol. The Hall–Kier alpha value is -0.570. The first-order valence-electron chi connectivity index (χ1n) is 4.29. The Morgan fingerprint density at radius 1 is 1.64 bits per heavy atom. The zero-order valence-corrected chi connectivity index (χ0v) is 6.84. The van der Waals surface area contributed by atoms with Gasteiger partial charge in [0.05, 0.1) is 5.71 Å². The van der Waals surface area contributed by atoms with Crippen LogP contribution in [0.3, 0.4) is 0 Å². The van der Waals surface area contributed by atoms with E-state index in [1.807, 2.05) is 6.92 Å². The van der Waals surface area contributed by atoms with E-state index in [1.165, 1.54) is 12.8 Å². The fourth-order valence-corrected chi connectivity index (χ4v) is 1.77. The highest BCUT2D eigenvalue weighted by molar-refractivity contribution is 5.82. The van der Waals surface area contributed by atoms with Gasteiger partial charge in [0, 0.05) is 12.5 Å². The summed E-state index contributed by atoms with van der Waals surface area (Å²) in [7, 11) is 0. The Morgan fingerprint density at radius 3 is 3.09 bits per heavy atom. The van der Waals surface area contributed by atoms with Crippen molar-refractivity contribution >= 4 is 5.71 Å². The molecule has 1 N–H and O–H groups in total. The van der Waals surface area contributed by atoms with Crippen molar-refractivity contribution < 1.29 is 4.84 Å². The van der Waals surface area contributed by atoms with Crippen LogP contribution in [-0.4, -0.2) is 24.4 Å². The molecule has 0 bridgehead atoms. The van der Waals surface area contributed by atoms with Gasteiger partial charge >= 0.3 is 0 Å². The summed E-state index contributed by atoms with van der Waals surface area (Å²) in [6.45, 7) is 3.17. The average molecular weight is 154 g/mol. The molecule has 0 saturated carbocycles. The van der Waals surface area contributed by atoms with Crippen LogP contribution in [0.4, 0.5) is 0 Å². The maximum Gasteiger partial charge on any atom is 0.148 e.